The molecule has 1 unspecified atom stereocenters. The number of alkyl carbamates (subject to hydrolysis) is 1. The molecule has 0 saturated heterocycles. The standard InChI is InChI=1S/C21H21FN2O6/c22-12-17(25)16(11-18(26)27)23-20(28)19(15-9-5-2-6-10-15)24-21(29)30-13-14-7-3-1-4-8-14/h1-10,16,19H,11-13H2,(H,23,28)(H,24,29)(H,26,27)/t16?,19-/m0/s1. The van der Waals surface area contributed by atoms with Crippen molar-refractivity contribution in [3.63, 3.8) is 0 Å². The van der Waals surface area contributed by atoms with E-state index < -0.39 is 48.9 Å². The summed E-state index contributed by atoms with van der Waals surface area (Å²) in [6, 6.07) is 14.1. The first-order valence-corrected chi connectivity index (χ1v) is 9.03. The van der Waals surface area contributed by atoms with E-state index >= 15 is 0 Å². The largest absolute Gasteiger partial charge is 0.481 e. The van der Waals surface area contributed by atoms with Gasteiger partial charge in [-0.15, -0.1) is 0 Å². The molecule has 0 aromatic heterocycles. The Hall–Kier alpha value is -3.75. The predicted octanol–water partition coefficient (Wildman–Crippen LogP) is 2.15. The second-order valence-electron chi connectivity index (χ2n) is 6.31. The van der Waals surface area contributed by atoms with Gasteiger partial charge in [0.2, 0.25) is 5.91 Å². The molecule has 0 aliphatic rings. The van der Waals surface area contributed by atoms with E-state index in [-0.39, 0.29) is 6.61 Å². The monoisotopic (exact) mass is 416 g/mol. The van der Waals surface area contributed by atoms with Gasteiger partial charge in [0.25, 0.3) is 0 Å². The number of carboxylic acids is 1. The summed E-state index contributed by atoms with van der Waals surface area (Å²) in [5.74, 6) is -3.33. The van der Waals surface area contributed by atoms with Crippen molar-refractivity contribution >= 4 is 23.8 Å². The molecule has 2 aromatic carbocycles. The summed E-state index contributed by atoms with van der Waals surface area (Å²) >= 11 is 0. The number of ketones is 1. The molecule has 0 aliphatic carbocycles. The van der Waals surface area contributed by atoms with Crippen molar-refractivity contribution in [1.82, 2.24) is 10.6 Å². The quantitative estimate of drug-likeness (QED) is 0.546. The first-order chi connectivity index (χ1) is 14.4. The molecule has 0 spiro atoms. The summed E-state index contributed by atoms with van der Waals surface area (Å²) < 4.78 is 17.9. The molecule has 0 heterocycles. The highest BCUT2D eigenvalue weighted by atomic mass is 19.1. The number of amides is 2. The Balaban J connectivity index is 2.12. The molecule has 2 atom stereocenters. The van der Waals surface area contributed by atoms with Gasteiger partial charge < -0.3 is 20.5 Å². The van der Waals surface area contributed by atoms with Gasteiger partial charge in [0.15, 0.2) is 5.78 Å². The number of nitrogens with one attached hydrogen (secondary N) is 2. The Morgan fingerprint density at radius 2 is 1.53 bits per heavy atom. The molecule has 158 valence electrons. The number of benzene rings is 2. The number of hydrogen-bond donors (Lipinski definition) is 3. The number of rotatable bonds is 10. The van der Waals surface area contributed by atoms with Crippen molar-refractivity contribution in [1.29, 1.82) is 0 Å². The van der Waals surface area contributed by atoms with Crippen molar-refractivity contribution in [2.24, 2.45) is 0 Å². The molecule has 0 aliphatic heterocycles. The fraction of sp³-hybridized carbons (Fsp3) is 0.238. The van der Waals surface area contributed by atoms with Crippen LogP contribution in [0.1, 0.15) is 23.6 Å². The van der Waals surface area contributed by atoms with Crippen molar-refractivity contribution < 1.29 is 33.4 Å². The van der Waals surface area contributed by atoms with Gasteiger partial charge in [-0.1, -0.05) is 60.7 Å². The molecule has 2 rings (SSSR count). The van der Waals surface area contributed by atoms with Crippen LogP contribution in [0.5, 0.6) is 0 Å². The number of ether oxygens (including phenoxy) is 1. The lowest BCUT2D eigenvalue weighted by atomic mass is 10.0. The summed E-state index contributed by atoms with van der Waals surface area (Å²) in [7, 11) is 0. The van der Waals surface area contributed by atoms with Crippen LogP contribution in [0.25, 0.3) is 0 Å². The van der Waals surface area contributed by atoms with Gasteiger partial charge in [-0.2, -0.15) is 0 Å². The zero-order valence-electron chi connectivity index (χ0n) is 15.9. The molecule has 0 radical (unpaired) electrons. The molecule has 30 heavy (non-hydrogen) atoms. The van der Waals surface area contributed by atoms with Crippen molar-refractivity contribution in [3.8, 4) is 0 Å². The minimum absolute atomic E-state index is 0.0300. The number of carbonyl (C=O) groups is 4. The van der Waals surface area contributed by atoms with Crippen molar-refractivity contribution in [3.05, 3.63) is 71.8 Å². The maximum Gasteiger partial charge on any atom is 0.408 e. The van der Waals surface area contributed by atoms with Crippen LogP contribution in [0.4, 0.5) is 9.18 Å². The first-order valence-electron chi connectivity index (χ1n) is 9.03. The average Bonchev–Trinajstić information content (AvgIpc) is 2.76. The summed E-state index contributed by atoms with van der Waals surface area (Å²) in [6.07, 6.45) is -1.68. The first kappa shape index (κ1) is 22.5. The maximum atomic E-state index is 12.7. The van der Waals surface area contributed by atoms with Gasteiger partial charge in [-0.05, 0) is 11.1 Å². The van der Waals surface area contributed by atoms with Crippen LogP contribution in [0.3, 0.4) is 0 Å². The van der Waals surface area contributed by atoms with Gasteiger partial charge in [-0.25, -0.2) is 9.18 Å². The summed E-state index contributed by atoms with van der Waals surface area (Å²) in [5, 5.41) is 13.5. The fourth-order valence-electron chi connectivity index (χ4n) is 2.60. The molecule has 8 nitrogen and oxygen atoms in total. The Morgan fingerprint density at radius 1 is 0.933 bits per heavy atom. The molecular formula is C21H21FN2O6. The van der Waals surface area contributed by atoms with Crippen LogP contribution in [0, 0.1) is 0 Å². The van der Waals surface area contributed by atoms with Crippen LogP contribution >= 0.6 is 0 Å². The highest BCUT2D eigenvalue weighted by molar-refractivity contribution is 5.95. The second kappa shape index (κ2) is 11.3. The Bertz CT molecular complexity index is 876. The van der Waals surface area contributed by atoms with E-state index in [4.69, 9.17) is 9.84 Å². The highest BCUT2D eigenvalue weighted by Gasteiger charge is 2.29. The predicted molar refractivity (Wildman–Crippen MR) is 104 cm³/mol. The Morgan fingerprint density at radius 3 is 2.10 bits per heavy atom. The minimum atomic E-state index is -1.56. The molecule has 2 amide bonds. The summed E-state index contributed by atoms with van der Waals surface area (Å²) in [5.41, 5.74) is 1.11. The van der Waals surface area contributed by atoms with Gasteiger partial charge in [0.1, 0.15) is 25.4 Å². The van der Waals surface area contributed by atoms with Crippen molar-refractivity contribution in [2.45, 2.75) is 25.1 Å². The van der Waals surface area contributed by atoms with Crippen LogP contribution in [0.15, 0.2) is 60.7 Å². The van der Waals surface area contributed by atoms with Crippen molar-refractivity contribution in [2.75, 3.05) is 6.67 Å². The Kier molecular flexibility index (Phi) is 8.49. The number of Topliss-reactive ketones (excluding diaryl/α,β-unsaturated/α-hetero) is 1. The van der Waals surface area contributed by atoms with Crippen LogP contribution in [0.2, 0.25) is 0 Å². The zero-order valence-corrected chi connectivity index (χ0v) is 15.9. The van der Waals surface area contributed by atoms with Gasteiger partial charge in [0, 0.05) is 0 Å². The summed E-state index contributed by atoms with van der Waals surface area (Å²) in [6.45, 7) is -1.46. The lowest BCUT2D eigenvalue weighted by molar-refractivity contribution is -0.140. The molecule has 3 N–H and O–H groups in total. The zero-order chi connectivity index (χ0) is 21.9. The molecule has 0 saturated carbocycles. The van der Waals surface area contributed by atoms with Gasteiger partial charge >= 0.3 is 12.1 Å². The minimum Gasteiger partial charge on any atom is -0.481 e. The topological polar surface area (TPSA) is 122 Å². The third-order valence-electron chi connectivity index (χ3n) is 4.09. The number of aliphatic carboxylic acids is 1. The third kappa shape index (κ3) is 7.01. The summed E-state index contributed by atoms with van der Waals surface area (Å²) in [4.78, 5) is 47.5. The maximum absolute atomic E-state index is 12.7. The van der Waals surface area contributed by atoms with Gasteiger partial charge in [-0.3, -0.25) is 14.4 Å². The van der Waals surface area contributed by atoms with E-state index in [0.717, 1.165) is 5.56 Å². The molecular weight excluding hydrogens is 395 g/mol. The van der Waals surface area contributed by atoms with Crippen LogP contribution in [-0.4, -0.2) is 41.6 Å². The van der Waals surface area contributed by atoms with E-state index in [0.29, 0.717) is 5.56 Å². The van der Waals surface area contributed by atoms with E-state index in [1.807, 2.05) is 6.07 Å². The second-order valence-corrected chi connectivity index (χ2v) is 6.31. The normalized spacial score (nSPS) is 12.3. The van der Waals surface area contributed by atoms with Crippen LogP contribution in [-0.2, 0) is 25.7 Å². The van der Waals surface area contributed by atoms with E-state index in [1.165, 1.54) is 0 Å². The highest BCUT2D eigenvalue weighted by Crippen LogP contribution is 2.14. The third-order valence-corrected chi connectivity index (χ3v) is 4.09. The fourth-order valence-corrected chi connectivity index (χ4v) is 2.60. The van der Waals surface area contributed by atoms with Crippen LogP contribution < -0.4 is 10.6 Å². The smallest absolute Gasteiger partial charge is 0.408 e. The molecule has 0 fully saturated rings. The number of alkyl halides is 1. The lowest BCUT2D eigenvalue weighted by Crippen LogP contribution is -2.48. The number of carboxylic acid groups (broad SMARTS) is 1. The van der Waals surface area contributed by atoms with E-state index in [9.17, 15) is 23.6 Å². The average molecular weight is 416 g/mol. The number of hydrogen-bond acceptors (Lipinski definition) is 5. The lowest BCUT2D eigenvalue weighted by Gasteiger charge is -2.22. The SMILES string of the molecule is O=C(O)CC(NC(=O)[C@@H](NC(=O)OCc1ccccc1)c1ccccc1)C(=O)CF. The molecule has 0 bridgehead atoms. The van der Waals surface area contributed by atoms with E-state index in [1.54, 1.807) is 54.6 Å². The van der Waals surface area contributed by atoms with E-state index in [2.05, 4.69) is 10.6 Å². The molecule has 9 heteroatoms. The number of carbonyl (C=O) groups excluding carboxylic acids is 3. The van der Waals surface area contributed by atoms with Gasteiger partial charge in [0.05, 0.1) is 6.42 Å². The number of halogens is 1. The Labute approximate surface area is 172 Å². The molecule has 2 aromatic rings.